The molecule has 33 heavy (non-hydrogen) atoms. The minimum atomic E-state index is -4.80. The maximum atomic E-state index is 12.9. The van der Waals surface area contributed by atoms with Crippen LogP contribution < -0.4 is 15.4 Å². The second-order valence-electron chi connectivity index (χ2n) is 8.21. The summed E-state index contributed by atoms with van der Waals surface area (Å²) in [4.78, 5) is 23.8. The average molecular weight is 495 g/mol. The lowest BCUT2D eigenvalue weighted by molar-refractivity contribution is -0.159. The summed E-state index contributed by atoms with van der Waals surface area (Å²) in [6, 6.07) is 0.340. The Balaban J connectivity index is 1.79. The molecule has 1 aliphatic heterocycles. The normalized spacial score (nSPS) is 31.0. The molecule has 1 aromatic rings. The lowest BCUT2D eigenvalue weighted by Gasteiger charge is -2.41. The van der Waals surface area contributed by atoms with E-state index in [0.717, 1.165) is 12.1 Å². The molecule has 1 heterocycles. The fraction of sp³-hybridized carbons (Fsp3) is 0.579. The van der Waals surface area contributed by atoms with Gasteiger partial charge in [0.05, 0.1) is 28.7 Å². The van der Waals surface area contributed by atoms with Crippen LogP contribution in [0.2, 0.25) is 0 Å². The van der Waals surface area contributed by atoms with Crippen molar-refractivity contribution in [3.8, 4) is 0 Å². The Labute approximate surface area is 187 Å². The minimum absolute atomic E-state index is 0.310. The summed E-state index contributed by atoms with van der Waals surface area (Å²) in [5, 5.41) is 36.1. The van der Waals surface area contributed by atoms with Gasteiger partial charge < -0.3 is 26.0 Å². The molecule has 2 amide bonds. The number of halogens is 3. The molecule has 10 nitrogen and oxygen atoms in total. The van der Waals surface area contributed by atoms with E-state index < -0.39 is 81.2 Å². The molecular weight excluding hydrogens is 471 g/mol. The molecule has 5 atom stereocenters. The predicted octanol–water partition coefficient (Wildman–Crippen LogP) is -1.01. The Kier molecular flexibility index (Phi) is 7.05. The molecule has 0 radical (unpaired) electrons. The fourth-order valence-electron chi connectivity index (χ4n) is 3.91. The number of aliphatic hydroxyl groups is 3. The second kappa shape index (κ2) is 9.18. The van der Waals surface area contributed by atoms with Crippen LogP contribution in [-0.4, -0.2) is 72.0 Å². The third-order valence-electron chi connectivity index (χ3n) is 5.70. The zero-order valence-electron chi connectivity index (χ0n) is 17.2. The number of piperidine rings is 1. The van der Waals surface area contributed by atoms with Crippen molar-refractivity contribution in [1.29, 1.82) is 0 Å². The molecule has 2 fully saturated rings. The van der Waals surface area contributed by atoms with E-state index >= 15 is 0 Å². The van der Waals surface area contributed by atoms with Crippen molar-refractivity contribution in [2.24, 2.45) is 0 Å². The van der Waals surface area contributed by atoms with Gasteiger partial charge in [0.25, 0.3) is 5.91 Å². The van der Waals surface area contributed by atoms with Crippen LogP contribution in [0.15, 0.2) is 29.2 Å². The van der Waals surface area contributed by atoms with Crippen molar-refractivity contribution in [3.05, 3.63) is 29.8 Å². The van der Waals surface area contributed by atoms with E-state index in [9.17, 15) is 46.5 Å². The van der Waals surface area contributed by atoms with Gasteiger partial charge in [0.2, 0.25) is 15.9 Å². The van der Waals surface area contributed by atoms with Gasteiger partial charge in [-0.25, -0.2) is 13.1 Å². The third-order valence-corrected chi connectivity index (χ3v) is 7.19. The maximum Gasteiger partial charge on any atom is 0.416 e. The van der Waals surface area contributed by atoms with Gasteiger partial charge in [-0.15, -0.1) is 0 Å². The standard InChI is InChI=1S/C19H24F3N3O7S/c20-19(21,22)10-3-1-4-11(7-10)33(31,32)25-13-8-18(30,9-14(26)15(13)27)17(29)24-12-5-2-6-23-16(12)28/h1,3-4,7,12-15,25-27,30H,2,5-6,8-9H2,(H,23,28)(H,24,29)/t12-,13-,14+,15+,18-/m0/s1. The van der Waals surface area contributed by atoms with Gasteiger partial charge in [0, 0.05) is 19.4 Å². The van der Waals surface area contributed by atoms with Gasteiger partial charge in [-0.1, -0.05) is 6.07 Å². The number of carbonyl (C=O) groups excluding carboxylic acids is 2. The molecule has 2 aliphatic rings. The first-order chi connectivity index (χ1) is 15.2. The molecule has 0 bridgehead atoms. The molecule has 3 rings (SSSR count). The van der Waals surface area contributed by atoms with E-state index in [1.165, 1.54) is 0 Å². The van der Waals surface area contributed by atoms with Crippen LogP contribution in [0.3, 0.4) is 0 Å². The summed E-state index contributed by atoms with van der Waals surface area (Å²) in [7, 11) is -4.64. The summed E-state index contributed by atoms with van der Waals surface area (Å²) < 4.78 is 66.1. The molecule has 1 aromatic carbocycles. The number of sulfonamides is 1. The van der Waals surface area contributed by atoms with Crippen LogP contribution in [-0.2, 0) is 25.8 Å². The van der Waals surface area contributed by atoms with Gasteiger partial charge in [-0.3, -0.25) is 9.59 Å². The third kappa shape index (κ3) is 5.63. The van der Waals surface area contributed by atoms with Gasteiger partial charge in [-0.05, 0) is 31.0 Å². The van der Waals surface area contributed by atoms with Crippen LogP contribution in [0.5, 0.6) is 0 Å². The number of hydrogen-bond donors (Lipinski definition) is 6. The fourth-order valence-corrected chi connectivity index (χ4v) is 5.21. The average Bonchev–Trinajstić information content (AvgIpc) is 2.72. The Bertz CT molecular complexity index is 1020. The molecule has 0 spiro atoms. The number of carbonyl (C=O) groups is 2. The van der Waals surface area contributed by atoms with Crippen LogP contribution >= 0.6 is 0 Å². The lowest BCUT2D eigenvalue weighted by atomic mass is 9.78. The van der Waals surface area contributed by atoms with Crippen LogP contribution in [0.25, 0.3) is 0 Å². The largest absolute Gasteiger partial charge is 0.416 e. The van der Waals surface area contributed by atoms with Gasteiger partial charge in [-0.2, -0.15) is 13.2 Å². The van der Waals surface area contributed by atoms with E-state index in [2.05, 4.69) is 10.6 Å². The first-order valence-corrected chi connectivity index (χ1v) is 11.6. The van der Waals surface area contributed by atoms with Crippen molar-refractivity contribution in [2.75, 3.05) is 6.54 Å². The van der Waals surface area contributed by atoms with Crippen LogP contribution in [0.4, 0.5) is 13.2 Å². The number of rotatable bonds is 5. The molecule has 184 valence electrons. The van der Waals surface area contributed by atoms with E-state index in [1.807, 2.05) is 4.72 Å². The van der Waals surface area contributed by atoms with Gasteiger partial charge in [0.1, 0.15) is 11.6 Å². The molecule has 0 unspecified atom stereocenters. The molecule has 1 aliphatic carbocycles. The van der Waals surface area contributed by atoms with Gasteiger partial charge in [0.15, 0.2) is 0 Å². The Morgan fingerprint density at radius 3 is 2.55 bits per heavy atom. The zero-order chi connectivity index (χ0) is 24.6. The van der Waals surface area contributed by atoms with Crippen molar-refractivity contribution in [1.82, 2.24) is 15.4 Å². The number of alkyl halides is 3. The number of benzene rings is 1. The van der Waals surface area contributed by atoms with Crippen molar-refractivity contribution < 1.29 is 46.5 Å². The van der Waals surface area contributed by atoms with Crippen LogP contribution in [0, 0.1) is 0 Å². The van der Waals surface area contributed by atoms with Gasteiger partial charge >= 0.3 is 6.18 Å². The highest BCUT2D eigenvalue weighted by Crippen LogP contribution is 2.33. The van der Waals surface area contributed by atoms with E-state index in [-0.39, 0.29) is 0 Å². The number of amides is 2. The predicted molar refractivity (Wildman–Crippen MR) is 106 cm³/mol. The highest BCUT2D eigenvalue weighted by Gasteiger charge is 2.50. The molecule has 14 heteroatoms. The Hall–Kier alpha value is -2.26. The quantitative estimate of drug-likeness (QED) is 0.305. The molecule has 6 N–H and O–H groups in total. The van der Waals surface area contributed by atoms with Crippen LogP contribution in [0.1, 0.15) is 31.2 Å². The first-order valence-electron chi connectivity index (χ1n) is 10.1. The van der Waals surface area contributed by atoms with E-state index in [0.29, 0.717) is 31.5 Å². The summed E-state index contributed by atoms with van der Waals surface area (Å²) in [5.74, 6) is -1.50. The van der Waals surface area contributed by atoms with E-state index in [1.54, 1.807) is 0 Å². The first kappa shape index (κ1) is 25.4. The lowest BCUT2D eigenvalue weighted by Crippen LogP contribution is -2.64. The molecule has 1 saturated carbocycles. The summed E-state index contributed by atoms with van der Waals surface area (Å²) in [6.45, 7) is 0.430. The minimum Gasteiger partial charge on any atom is -0.390 e. The maximum absolute atomic E-state index is 12.9. The topological polar surface area (TPSA) is 165 Å². The zero-order valence-corrected chi connectivity index (χ0v) is 18.0. The molecule has 1 saturated heterocycles. The summed E-state index contributed by atoms with van der Waals surface area (Å²) in [5.41, 5.74) is -3.56. The summed E-state index contributed by atoms with van der Waals surface area (Å²) >= 11 is 0. The van der Waals surface area contributed by atoms with E-state index in [4.69, 9.17) is 0 Å². The monoisotopic (exact) mass is 495 g/mol. The highest BCUT2D eigenvalue weighted by molar-refractivity contribution is 7.89. The van der Waals surface area contributed by atoms with Crippen molar-refractivity contribution >= 4 is 21.8 Å². The molecule has 0 aromatic heterocycles. The highest BCUT2D eigenvalue weighted by atomic mass is 32.2. The Morgan fingerprint density at radius 2 is 1.91 bits per heavy atom. The smallest absolute Gasteiger partial charge is 0.390 e. The summed E-state index contributed by atoms with van der Waals surface area (Å²) in [6.07, 6.45) is -8.73. The second-order valence-corrected chi connectivity index (χ2v) is 9.92. The number of hydrogen-bond acceptors (Lipinski definition) is 7. The van der Waals surface area contributed by atoms with Crippen molar-refractivity contribution in [3.63, 3.8) is 0 Å². The molecular formula is C19H24F3N3O7S. The SMILES string of the molecule is O=C1NCCC[C@@H]1NC(=O)[C@@]1(O)C[C@@H](O)[C@H](O)[C@@H](NS(=O)(=O)c2cccc(C(F)(F)F)c2)C1. The number of aliphatic hydroxyl groups excluding tert-OH is 2. The number of nitrogens with one attached hydrogen (secondary N) is 3. The van der Waals surface area contributed by atoms with Crippen molar-refractivity contribution in [2.45, 2.75) is 66.6 Å². The Morgan fingerprint density at radius 1 is 1.21 bits per heavy atom.